The number of aliphatic carboxylic acids is 1. The molecular formula is C15H15FN2O3. The van der Waals surface area contributed by atoms with Crippen molar-refractivity contribution in [1.29, 1.82) is 0 Å². The molecule has 6 heteroatoms. The molecular weight excluding hydrogens is 275 g/mol. The smallest absolute Gasteiger partial charge is 0.323 e. The van der Waals surface area contributed by atoms with Gasteiger partial charge in [-0.25, -0.2) is 4.39 Å². The van der Waals surface area contributed by atoms with Crippen molar-refractivity contribution in [2.45, 2.75) is 19.4 Å². The fraction of sp³-hybridized carbons (Fsp3) is 0.333. The molecule has 0 saturated heterocycles. The van der Waals surface area contributed by atoms with E-state index in [1.807, 2.05) is 0 Å². The van der Waals surface area contributed by atoms with E-state index in [0.29, 0.717) is 24.0 Å². The highest BCUT2D eigenvalue weighted by molar-refractivity contribution is 6.02. The first-order chi connectivity index (χ1) is 10.0. The lowest BCUT2D eigenvalue weighted by Crippen LogP contribution is -2.29. The number of halogens is 1. The highest BCUT2D eigenvalue weighted by atomic mass is 19.1. The lowest BCUT2D eigenvalue weighted by molar-refractivity contribution is -0.137. The van der Waals surface area contributed by atoms with Crippen LogP contribution < -0.4 is 0 Å². The van der Waals surface area contributed by atoms with Crippen molar-refractivity contribution >= 4 is 22.8 Å². The van der Waals surface area contributed by atoms with Crippen LogP contribution in [0.2, 0.25) is 0 Å². The number of carboxylic acids is 1. The molecule has 1 N–H and O–H groups in total. The van der Waals surface area contributed by atoms with Gasteiger partial charge in [-0.2, -0.15) is 0 Å². The Bertz CT molecular complexity index is 751. The van der Waals surface area contributed by atoms with Crippen molar-refractivity contribution in [3.63, 3.8) is 0 Å². The second-order valence-electron chi connectivity index (χ2n) is 5.27. The fourth-order valence-corrected chi connectivity index (χ4v) is 3.00. The zero-order valence-corrected chi connectivity index (χ0v) is 11.6. The molecule has 5 nitrogen and oxygen atoms in total. The van der Waals surface area contributed by atoms with Gasteiger partial charge in [0.05, 0.1) is 5.52 Å². The summed E-state index contributed by atoms with van der Waals surface area (Å²) in [6.45, 7) is 0.184. The first kappa shape index (κ1) is 13.6. The number of hydrogen-bond acceptors (Lipinski definition) is 2. The Labute approximate surface area is 120 Å². The third kappa shape index (κ3) is 2.07. The molecule has 0 saturated carbocycles. The maximum Gasteiger partial charge on any atom is 0.323 e. The molecule has 1 aromatic heterocycles. The molecule has 110 valence electrons. The monoisotopic (exact) mass is 290 g/mol. The molecule has 0 fully saturated rings. The van der Waals surface area contributed by atoms with E-state index in [1.54, 1.807) is 24.1 Å². The Balaban J connectivity index is 2.37. The van der Waals surface area contributed by atoms with Gasteiger partial charge in [0.15, 0.2) is 0 Å². The molecule has 0 radical (unpaired) electrons. The van der Waals surface area contributed by atoms with E-state index in [-0.39, 0.29) is 11.4 Å². The van der Waals surface area contributed by atoms with Crippen LogP contribution in [0.1, 0.15) is 22.5 Å². The number of hydrogen-bond donors (Lipinski definition) is 1. The molecule has 0 unspecified atom stereocenters. The SMILES string of the molecule is CN1CCCc2c(n(CC(=O)O)c3c(F)cccc23)C1=O. The molecule has 2 heterocycles. The van der Waals surface area contributed by atoms with E-state index in [0.717, 1.165) is 12.0 Å². The van der Waals surface area contributed by atoms with E-state index in [2.05, 4.69) is 0 Å². The van der Waals surface area contributed by atoms with E-state index in [1.165, 1.54) is 10.6 Å². The van der Waals surface area contributed by atoms with Crippen LogP contribution in [0, 0.1) is 5.82 Å². The summed E-state index contributed by atoms with van der Waals surface area (Å²) < 4.78 is 15.5. The van der Waals surface area contributed by atoms with Crippen LogP contribution in [0.3, 0.4) is 0 Å². The zero-order valence-electron chi connectivity index (χ0n) is 11.6. The van der Waals surface area contributed by atoms with Crippen molar-refractivity contribution in [2.75, 3.05) is 13.6 Å². The fourth-order valence-electron chi connectivity index (χ4n) is 3.00. The first-order valence-corrected chi connectivity index (χ1v) is 6.77. The average Bonchev–Trinajstić information content (AvgIpc) is 2.64. The molecule has 1 amide bonds. The van der Waals surface area contributed by atoms with Gasteiger partial charge in [0.2, 0.25) is 0 Å². The summed E-state index contributed by atoms with van der Waals surface area (Å²) in [7, 11) is 1.68. The second-order valence-corrected chi connectivity index (χ2v) is 5.27. The minimum Gasteiger partial charge on any atom is -0.480 e. The van der Waals surface area contributed by atoms with Gasteiger partial charge in [0.25, 0.3) is 5.91 Å². The van der Waals surface area contributed by atoms with Gasteiger partial charge in [0, 0.05) is 19.0 Å². The number of carbonyl (C=O) groups is 2. The number of fused-ring (bicyclic) bond motifs is 3. The van der Waals surface area contributed by atoms with Crippen molar-refractivity contribution in [1.82, 2.24) is 9.47 Å². The molecule has 1 aromatic carbocycles. The average molecular weight is 290 g/mol. The van der Waals surface area contributed by atoms with Crippen molar-refractivity contribution in [2.24, 2.45) is 0 Å². The molecule has 2 aromatic rings. The van der Waals surface area contributed by atoms with Crippen molar-refractivity contribution in [3.8, 4) is 0 Å². The lowest BCUT2D eigenvalue weighted by Gasteiger charge is -2.15. The van der Waals surface area contributed by atoms with Crippen LogP contribution in [-0.2, 0) is 17.8 Å². The Morgan fingerprint density at radius 2 is 2.19 bits per heavy atom. The minimum atomic E-state index is -1.10. The third-order valence-corrected chi connectivity index (χ3v) is 3.90. The number of aromatic nitrogens is 1. The van der Waals surface area contributed by atoms with Crippen molar-refractivity contribution in [3.05, 3.63) is 35.3 Å². The summed E-state index contributed by atoms with van der Waals surface area (Å²) in [5.41, 5.74) is 1.26. The van der Waals surface area contributed by atoms with Crippen LogP contribution in [0.15, 0.2) is 18.2 Å². The van der Waals surface area contributed by atoms with E-state index in [9.17, 15) is 14.0 Å². The van der Waals surface area contributed by atoms with Gasteiger partial charge in [-0.05, 0) is 24.5 Å². The Kier molecular flexibility index (Phi) is 3.16. The highest BCUT2D eigenvalue weighted by Gasteiger charge is 2.29. The van der Waals surface area contributed by atoms with E-state index < -0.39 is 18.3 Å². The molecule has 1 aliphatic rings. The largest absolute Gasteiger partial charge is 0.480 e. The number of para-hydroxylation sites is 1. The minimum absolute atomic E-state index is 0.202. The highest BCUT2D eigenvalue weighted by Crippen LogP contribution is 2.31. The zero-order chi connectivity index (χ0) is 15.1. The van der Waals surface area contributed by atoms with Gasteiger partial charge >= 0.3 is 5.97 Å². The van der Waals surface area contributed by atoms with Crippen LogP contribution in [0.5, 0.6) is 0 Å². The molecule has 3 rings (SSSR count). The molecule has 0 atom stereocenters. The van der Waals surface area contributed by atoms with E-state index in [4.69, 9.17) is 5.11 Å². The molecule has 21 heavy (non-hydrogen) atoms. The second kappa shape index (κ2) is 4.87. The molecule has 1 aliphatic heterocycles. The Morgan fingerprint density at radius 3 is 2.90 bits per heavy atom. The quantitative estimate of drug-likeness (QED) is 0.918. The van der Waals surface area contributed by atoms with Crippen molar-refractivity contribution < 1.29 is 19.1 Å². The maximum atomic E-state index is 14.2. The van der Waals surface area contributed by atoms with Crippen LogP contribution in [-0.4, -0.2) is 40.0 Å². The third-order valence-electron chi connectivity index (χ3n) is 3.90. The first-order valence-electron chi connectivity index (χ1n) is 6.77. The van der Waals surface area contributed by atoms with Gasteiger partial charge < -0.3 is 14.6 Å². The Hall–Kier alpha value is -2.37. The summed E-state index contributed by atoms with van der Waals surface area (Å²) in [6, 6.07) is 4.62. The molecule has 0 spiro atoms. The van der Waals surface area contributed by atoms with Crippen LogP contribution in [0.25, 0.3) is 10.9 Å². The number of benzene rings is 1. The van der Waals surface area contributed by atoms with Crippen LogP contribution >= 0.6 is 0 Å². The maximum absolute atomic E-state index is 14.2. The summed E-state index contributed by atoms with van der Waals surface area (Å²) in [4.78, 5) is 25.2. The van der Waals surface area contributed by atoms with Gasteiger partial charge in [0.1, 0.15) is 18.1 Å². The number of rotatable bonds is 2. The summed E-state index contributed by atoms with van der Waals surface area (Å²) in [5, 5.41) is 9.73. The normalized spacial score (nSPS) is 15.1. The standard InChI is InChI=1S/C15H15FN2O3/c1-17-7-3-5-10-9-4-2-6-11(16)13(9)18(8-12(19)20)14(10)15(17)21/h2,4,6H,3,5,7-8H2,1H3,(H,19,20). The van der Waals surface area contributed by atoms with Gasteiger partial charge in [-0.15, -0.1) is 0 Å². The summed E-state index contributed by atoms with van der Waals surface area (Å²) >= 11 is 0. The predicted molar refractivity (Wildman–Crippen MR) is 74.8 cm³/mol. The van der Waals surface area contributed by atoms with Crippen LogP contribution in [0.4, 0.5) is 4.39 Å². The number of carbonyl (C=O) groups excluding carboxylic acids is 1. The lowest BCUT2D eigenvalue weighted by atomic mass is 10.1. The molecule has 0 bridgehead atoms. The topological polar surface area (TPSA) is 62.5 Å². The van der Waals surface area contributed by atoms with Gasteiger partial charge in [-0.1, -0.05) is 12.1 Å². The Morgan fingerprint density at radius 1 is 1.43 bits per heavy atom. The van der Waals surface area contributed by atoms with E-state index >= 15 is 0 Å². The number of aryl methyl sites for hydroxylation is 1. The number of amides is 1. The summed E-state index contributed by atoms with van der Waals surface area (Å²) in [5.74, 6) is -1.85. The summed E-state index contributed by atoms with van der Waals surface area (Å²) in [6.07, 6.45) is 1.41. The molecule has 0 aliphatic carbocycles. The number of carboxylic acid groups (broad SMARTS) is 1. The van der Waals surface area contributed by atoms with Gasteiger partial charge in [-0.3, -0.25) is 9.59 Å². The predicted octanol–water partition coefficient (Wildman–Crippen LogP) is 1.88. The number of nitrogens with zero attached hydrogens (tertiary/aromatic N) is 2.